The Labute approximate surface area is 118 Å². The van der Waals surface area contributed by atoms with Crippen molar-refractivity contribution < 1.29 is 13.5 Å². The largest absolute Gasteiger partial charge is 0.435 e. The van der Waals surface area contributed by atoms with Gasteiger partial charge in [-0.1, -0.05) is 6.42 Å². The first-order valence-electron chi connectivity index (χ1n) is 7.26. The summed E-state index contributed by atoms with van der Waals surface area (Å²) >= 11 is 0. The minimum Gasteiger partial charge on any atom is -0.435 e. The zero-order valence-electron chi connectivity index (χ0n) is 11.5. The van der Waals surface area contributed by atoms with Crippen LogP contribution in [0.2, 0.25) is 0 Å². The molecule has 0 spiro atoms. The lowest BCUT2D eigenvalue weighted by atomic mass is 9.99. The number of rotatable bonds is 3. The summed E-state index contributed by atoms with van der Waals surface area (Å²) in [5, 5.41) is 0. The number of hydrogen-bond acceptors (Lipinski definition) is 3. The smallest absolute Gasteiger partial charge is 0.387 e. The van der Waals surface area contributed by atoms with Crippen LogP contribution in [0.15, 0.2) is 24.3 Å². The number of nitrogens with zero attached hydrogens (tertiary/aromatic N) is 2. The Morgan fingerprint density at radius 3 is 2.60 bits per heavy atom. The molecule has 3 nitrogen and oxygen atoms in total. The first-order chi connectivity index (χ1) is 9.72. The van der Waals surface area contributed by atoms with Gasteiger partial charge in [-0.05, 0) is 43.7 Å². The van der Waals surface area contributed by atoms with Gasteiger partial charge in [-0.2, -0.15) is 8.78 Å². The lowest BCUT2D eigenvalue weighted by molar-refractivity contribution is -0.0498. The molecule has 2 saturated heterocycles. The molecule has 2 heterocycles. The Balaban J connectivity index is 1.64. The van der Waals surface area contributed by atoms with Gasteiger partial charge in [0.25, 0.3) is 0 Å². The van der Waals surface area contributed by atoms with Crippen molar-refractivity contribution in [3.8, 4) is 5.75 Å². The molecule has 1 aromatic carbocycles. The van der Waals surface area contributed by atoms with E-state index in [2.05, 4.69) is 14.5 Å². The molecule has 0 bridgehead atoms. The number of ether oxygens (including phenoxy) is 1. The fourth-order valence-corrected chi connectivity index (χ4v) is 3.23. The maximum atomic E-state index is 12.1. The molecule has 5 heteroatoms. The molecule has 0 saturated carbocycles. The summed E-state index contributed by atoms with van der Waals surface area (Å²) in [5.74, 6) is 0.222. The summed E-state index contributed by atoms with van der Waals surface area (Å²) in [7, 11) is 0. The molecule has 1 atom stereocenters. The monoisotopic (exact) mass is 282 g/mol. The highest BCUT2D eigenvalue weighted by Gasteiger charge is 2.28. The average molecular weight is 282 g/mol. The predicted octanol–water partition coefficient (Wildman–Crippen LogP) is 2.96. The van der Waals surface area contributed by atoms with E-state index >= 15 is 0 Å². The number of hydrogen-bond donors (Lipinski definition) is 0. The predicted molar refractivity (Wildman–Crippen MR) is 74.5 cm³/mol. The number of piperazine rings is 1. The van der Waals surface area contributed by atoms with Crippen LogP contribution < -0.4 is 9.64 Å². The second-order valence-electron chi connectivity index (χ2n) is 5.50. The van der Waals surface area contributed by atoms with Crippen LogP contribution in [-0.4, -0.2) is 43.7 Å². The van der Waals surface area contributed by atoms with Crippen LogP contribution in [-0.2, 0) is 0 Å². The van der Waals surface area contributed by atoms with Crippen molar-refractivity contribution in [3.63, 3.8) is 0 Å². The number of benzene rings is 1. The SMILES string of the molecule is FC(F)Oc1ccc(N2CCN3CCCCC3C2)cc1. The van der Waals surface area contributed by atoms with Crippen LogP contribution >= 0.6 is 0 Å². The van der Waals surface area contributed by atoms with Gasteiger partial charge in [0.2, 0.25) is 0 Å². The van der Waals surface area contributed by atoms with Gasteiger partial charge in [0.1, 0.15) is 5.75 Å². The van der Waals surface area contributed by atoms with Crippen LogP contribution in [0, 0.1) is 0 Å². The second-order valence-corrected chi connectivity index (χ2v) is 5.50. The summed E-state index contributed by atoms with van der Waals surface area (Å²) in [5.41, 5.74) is 1.09. The van der Waals surface area contributed by atoms with Crippen molar-refractivity contribution in [2.75, 3.05) is 31.1 Å². The van der Waals surface area contributed by atoms with E-state index in [1.165, 1.54) is 25.8 Å². The average Bonchev–Trinajstić information content (AvgIpc) is 2.47. The lowest BCUT2D eigenvalue weighted by Gasteiger charge is -2.44. The summed E-state index contributed by atoms with van der Waals surface area (Å²) < 4.78 is 28.6. The quantitative estimate of drug-likeness (QED) is 0.847. The summed E-state index contributed by atoms with van der Waals surface area (Å²) in [6, 6.07) is 7.63. The van der Waals surface area contributed by atoms with E-state index in [1.807, 2.05) is 12.1 Å². The molecular formula is C15H20F2N2O. The summed E-state index contributed by atoms with van der Waals surface area (Å²) in [4.78, 5) is 4.92. The third-order valence-corrected chi connectivity index (χ3v) is 4.26. The Morgan fingerprint density at radius 1 is 1.05 bits per heavy atom. The van der Waals surface area contributed by atoms with Gasteiger partial charge in [-0.25, -0.2) is 0 Å². The first-order valence-corrected chi connectivity index (χ1v) is 7.26. The van der Waals surface area contributed by atoms with Crippen molar-refractivity contribution >= 4 is 5.69 Å². The highest BCUT2D eigenvalue weighted by molar-refractivity contribution is 5.49. The molecule has 2 aliphatic heterocycles. The highest BCUT2D eigenvalue weighted by Crippen LogP contribution is 2.26. The number of alkyl halides is 2. The molecule has 0 aromatic heterocycles. The van der Waals surface area contributed by atoms with Gasteiger partial charge >= 0.3 is 6.61 Å². The number of anilines is 1. The molecule has 0 radical (unpaired) electrons. The minimum atomic E-state index is -2.76. The Kier molecular flexibility index (Phi) is 4.05. The Bertz CT molecular complexity index is 438. The topological polar surface area (TPSA) is 15.7 Å². The van der Waals surface area contributed by atoms with Gasteiger partial charge in [0, 0.05) is 31.4 Å². The highest BCUT2D eigenvalue weighted by atomic mass is 19.3. The van der Waals surface area contributed by atoms with Crippen LogP contribution in [0.5, 0.6) is 5.75 Å². The van der Waals surface area contributed by atoms with Gasteiger partial charge in [0.15, 0.2) is 0 Å². The van der Waals surface area contributed by atoms with E-state index in [1.54, 1.807) is 12.1 Å². The van der Waals surface area contributed by atoms with Gasteiger partial charge < -0.3 is 9.64 Å². The van der Waals surface area contributed by atoms with Gasteiger partial charge in [0.05, 0.1) is 0 Å². The third kappa shape index (κ3) is 3.03. The zero-order valence-corrected chi connectivity index (χ0v) is 11.5. The fraction of sp³-hybridized carbons (Fsp3) is 0.600. The van der Waals surface area contributed by atoms with Crippen molar-refractivity contribution in [2.45, 2.75) is 31.9 Å². The maximum absolute atomic E-state index is 12.1. The van der Waals surface area contributed by atoms with E-state index in [0.29, 0.717) is 6.04 Å². The van der Waals surface area contributed by atoms with Crippen molar-refractivity contribution in [1.29, 1.82) is 0 Å². The fourth-order valence-electron chi connectivity index (χ4n) is 3.23. The summed E-state index contributed by atoms with van der Waals surface area (Å²) in [6.07, 6.45) is 3.90. The van der Waals surface area contributed by atoms with Crippen LogP contribution in [0.4, 0.5) is 14.5 Å². The minimum absolute atomic E-state index is 0.222. The first kappa shape index (κ1) is 13.6. The van der Waals surface area contributed by atoms with Gasteiger partial charge in [-0.3, -0.25) is 4.90 Å². The number of piperidine rings is 1. The molecule has 2 fully saturated rings. The molecule has 110 valence electrons. The van der Waals surface area contributed by atoms with Gasteiger partial charge in [-0.15, -0.1) is 0 Å². The second kappa shape index (κ2) is 5.95. The Hall–Kier alpha value is -1.36. The normalized spacial score (nSPS) is 23.8. The molecule has 0 N–H and O–H groups in total. The van der Waals surface area contributed by atoms with Crippen LogP contribution in [0.1, 0.15) is 19.3 Å². The van der Waals surface area contributed by atoms with Crippen molar-refractivity contribution in [2.24, 2.45) is 0 Å². The zero-order chi connectivity index (χ0) is 13.9. The molecule has 20 heavy (non-hydrogen) atoms. The van der Waals surface area contributed by atoms with E-state index in [9.17, 15) is 8.78 Å². The molecule has 0 aliphatic carbocycles. The van der Waals surface area contributed by atoms with Crippen LogP contribution in [0.25, 0.3) is 0 Å². The molecular weight excluding hydrogens is 262 g/mol. The molecule has 2 aliphatic rings. The number of halogens is 2. The Morgan fingerprint density at radius 2 is 1.85 bits per heavy atom. The van der Waals surface area contributed by atoms with E-state index in [0.717, 1.165) is 25.3 Å². The molecule has 1 aromatic rings. The molecule has 0 amide bonds. The lowest BCUT2D eigenvalue weighted by Crippen LogP contribution is -2.54. The van der Waals surface area contributed by atoms with E-state index in [4.69, 9.17) is 0 Å². The third-order valence-electron chi connectivity index (χ3n) is 4.26. The van der Waals surface area contributed by atoms with Crippen molar-refractivity contribution in [3.05, 3.63) is 24.3 Å². The van der Waals surface area contributed by atoms with Crippen LogP contribution in [0.3, 0.4) is 0 Å². The number of fused-ring (bicyclic) bond motifs is 1. The standard InChI is InChI=1S/C15H20F2N2O/c16-15(17)20-14-6-4-12(5-7-14)19-10-9-18-8-2-1-3-13(18)11-19/h4-7,13,15H,1-3,8-11H2. The summed E-state index contributed by atoms with van der Waals surface area (Å²) in [6.45, 7) is 1.60. The molecule has 1 unspecified atom stereocenters. The van der Waals surface area contributed by atoms with Crippen molar-refractivity contribution in [1.82, 2.24) is 4.90 Å². The molecule has 3 rings (SSSR count). The van der Waals surface area contributed by atoms with E-state index in [-0.39, 0.29) is 5.75 Å². The maximum Gasteiger partial charge on any atom is 0.387 e. The van der Waals surface area contributed by atoms with E-state index < -0.39 is 6.61 Å².